The van der Waals surface area contributed by atoms with Crippen molar-refractivity contribution in [1.29, 1.82) is 0 Å². The molecule has 0 atom stereocenters. The molecule has 3 aromatic rings. The molecule has 1 aliphatic rings. The van der Waals surface area contributed by atoms with Crippen LogP contribution in [-0.2, 0) is 0 Å². The maximum Gasteiger partial charge on any atom is 0.256 e. The van der Waals surface area contributed by atoms with Crippen LogP contribution < -0.4 is 0 Å². The predicted octanol–water partition coefficient (Wildman–Crippen LogP) is 6.16. The summed E-state index contributed by atoms with van der Waals surface area (Å²) in [6, 6.07) is 19.4. The Kier molecular flexibility index (Phi) is 8.52. The van der Waals surface area contributed by atoms with Crippen LogP contribution in [0.4, 0.5) is 13.2 Å². The topological polar surface area (TPSA) is 23.6 Å². The minimum Gasteiger partial charge on any atom is -0.338 e. The number of halogens is 3. The molecule has 184 valence electrons. The third-order valence-corrected chi connectivity index (χ3v) is 7.85. The van der Waals surface area contributed by atoms with Crippen molar-refractivity contribution < 1.29 is 18.0 Å². The van der Waals surface area contributed by atoms with Gasteiger partial charge in [-0.3, -0.25) is 4.79 Å². The summed E-state index contributed by atoms with van der Waals surface area (Å²) in [4.78, 5) is 16.7. The first-order valence-electron chi connectivity index (χ1n) is 11.8. The van der Waals surface area contributed by atoms with Gasteiger partial charge in [0.25, 0.3) is 5.91 Å². The zero-order valence-electron chi connectivity index (χ0n) is 19.7. The van der Waals surface area contributed by atoms with Crippen LogP contribution in [0.5, 0.6) is 0 Å². The van der Waals surface area contributed by atoms with Crippen LogP contribution in [0.3, 0.4) is 0 Å². The zero-order chi connectivity index (χ0) is 24.8. The molecule has 1 aliphatic heterocycles. The van der Waals surface area contributed by atoms with Crippen molar-refractivity contribution in [3.63, 3.8) is 0 Å². The standard InChI is InChI=1S/C28H29F3N2OS/c1-32(24-14-16-33(17-15-24)28(34)25-4-2-3-5-26(25)31)18-19-35-27(20-6-10-22(29)11-7-20)21-8-12-23(30)13-9-21/h2-13,24,27H,14-19H2,1H3. The van der Waals surface area contributed by atoms with Crippen molar-refractivity contribution >= 4 is 17.7 Å². The normalized spacial score (nSPS) is 14.6. The molecule has 3 aromatic carbocycles. The lowest BCUT2D eigenvalue weighted by Gasteiger charge is -2.37. The molecule has 0 N–H and O–H groups in total. The molecule has 1 amide bonds. The molecule has 0 unspecified atom stereocenters. The first-order chi connectivity index (χ1) is 16.9. The van der Waals surface area contributed by atoms with Gasteiger partial charge in [-0.15, -0.1) is 11.8 Å². The van der Waals surface area contributed by atoms with Crippen LogP contribution in [-0.4, -0.2) is 54.2 Å². The molecule has 4 rings (SSSR count). The van der Waals surface area contributed by atoms with Gasteiger partial charge < -0.3 is 9.80 Å². The quantitative estimate of drug-likeness (QED) is 0.372. The van der Waals surface area contributed by atoms with E-state index in [2.05, 4.69) is 11.9 Å². The highest BCUT2D eigenvalue weighted by Crippen LogP contribution is 2.36. The molecule has 35 heavy (non-hydrogen) atoms. The number of amides is 1. The fourth-order valence-corrected chi connectivity index (χ4v) is 5.80. The van der Waals surface area contributed by atoms with Gasteiger partial charge in [0, 0.05) is 31.4 Å². The van der Waals surface area contributed by atoms with Gasteiger partial charge in [0.2, 0.25) is 0 Å². The average molecular weight is 499 g/mol. The Labute approximate surface area is 208 Å². The first kappa shape index (κ1) is 25.3. The molecule has 0 radical (unpaired) electrons. The van der Waals surface area contributed by atoms with Crippen LogP contribution in [0.15, 0.2) is 72.8 Å². The SMILES string of the molecule is CN(CCSC(c1ccc(F)cc1)c1ccc(F)cc1)C1CCN(C(=O)c2ccccc2F)CC1. The summed E-state index contributed by atoms with van der Waals surface area (Å²) >= 11 is 1.74. The van der Waals surface area contributed by atoms with Crippen molar-refractivity contribution in [2.24, 2.45) is 0 Å². The lowest BCUT2D eigenvalue weighted by atomic mass is 10.0. The van der Waals surface area contributed by atoms with E-state index < -0.39 is 5.82 Å². The fourth-order valence-electron chi connectivity index (χ4n) is 4.47. The molecule has 1 saturated heterocycles. The Morgan fingerprint density at radius 3 is 2.00 bits per heavy atom. The molecule has 0 spiro atoms. The largest absolute Gasteiger partial charge is 0.338 e. The van der Waals surface area contributed by atoms with Crippen LogP contribution in [0.1, 0.15) is 39.6 Å². The van der Waals surface area contributed by atoms with Crippen molar-refractivity contribution in [1.82, 2.24) is 9.80 Å². The van der Waals surface area contributed by atoms with Gasteiger partial charge in [0.1, 0.15) is 17.5 Å². The summed E-state index contributed by atoms with van der Waals surface area (Å²) in [5.74, 6) is -0.455. The number of rotatable bonds is 8. The molecule has 0 saturated carbocycles. The van der Waals surface area contributed by atoms with Gasteiger partial charge in [-0.05, 0) is 67.4 Å². The molecule has 0 aromatic heterocycles. The summed E-state index contributed by atoms with van der Waals surface area (Å²) < 4.78 is 40.9. The van der Waals surface area contributed by atoms with Crippen molar-refractivity contribution in [2.45, 2.75) is 24.1 Å². The molecule has 1 fully saturated rings. The molecule has 0 bridgehead atoms. The van der Waals surface area contributed by atoms with E-state index in [1.165, 1.54) is 36.4 Å². The van der Waals surface area contributed by atoms with E-state index >= 15 is 0 Å². The molecular formula is C28H29F3N2OS. The van der Waals surface area contributed by atoms with Crippen molar-refractivity contribution in [3.8, 4) is 0 Å². The van der Waals surface area contributed by atoms with E-state index in [-0.39, 0.29) is 28.4 Å². The van der Waals surface area contributed by atoms with Crippen LogP contribution in [0.25, 0.3) is 0 Å². The van der Waals surface area contributed by atoms with Gasteiger partial charge >= 0.3 is 0 Å². The van der Waals surface area contributed by atoms with E-state index in [1.807, 2.05) is 0 Å². The third kappa shape index (κ3) is 6.47. The van der Waals surface area contributed by atoms with Gasteiger partial charge in [-0.1, -0.05) is 36.4 Å². The van der Waals surface area contributed by atoms with Crippen LogP contribution in [0.2, 0.25) is 0 Å². The van der Waals surface area contributed by atoms with E-state index in [4.69, 9.17) is 0 Å². The average Bonchev–Trinajstić information content (AvgIpc) is 2.88. The van der Waals surface area contributed by atoms with E-state index in [1.54, 1.807) is 53.1 Å². The number of carbonyl (C=O) groups excluding carboxylic acids is 1. The number of hydrogen-bond acceptors (Lipinski definition) is 3. The number of nitrogens with zero attached hydrogens (tertiary/aromatic N) is 2. The van der Waals surface area contributed by atoms with E-state index in [0.717, 1.165) is 36.3 Å². The van der Waals surface area contributed by atoms with Crippen LogP contribution in [0, 0.1) is 17.5 Å². The van der Waals surface area contributed by atoms with E-state index in [0.29, 0.717) is 19.1 Å². The highest BCUT2D eigenvalue weighted by molar-refractivity contribution is 7.99. The van der Waals surface area contributed by atoms with Gasteiger partial charge in [0.15, 0.2) is 0 Å². The Bertz CT molecular complexity index is 1070. The monoisotopic (exact) mass is 498 g/mol. The number of benzene rings is 3. The summed E-state index contributed by atoms with van der Waals surface area (Å²) in [5.41, 5.74) is 2.08. The molecule has 1 heterocycles. The fraction of sp³-hybridized carbons (Fsp3) is 0.321. The Morgan fingerprint density at radius 2 is 1.46 bits per heavy atom. The van der Waals surface area contributed by atoms with Crippen molar-refractivity contribution in [2.75, 3.05) is 32.4 Å². The molecule has 7 heteroatoms. The molecule has 3 nitrogen and oxygen atoms in total. The third-order valence-electron chi connectivity index (χ3n) is 6.55. The smallest absolute Gasteiger partial charge is 0.256 e. The lowest BCUT2D eigenvalue weighted by molar-refractivity contribution is 0.0646. The Balaban J connectivity index is 1.31. The second kappa shape index (κ2) is 11.8. The maximum absolute atomic E-state index is 14.0. The Morgan fingerprint density at radius 1 is 0.914 bits per heavy atom. The summed E-state index contributed by atoms with van der Waals surface area (Å²) in [7, 11) is 2.09. The van der Waals surface area contributed by atoms with Gasteiger partial charge in [0.05, 0.1) is 10.8 Å². The lowest BCUT2D eigenvalue weighted by Crippen LogP contribution is -2.46. The molecule has 0 aliphatic carbocycles. The Hall–Kier alpha value is -2.77. The van der Waals surface area contributed by atoms with Crippen LogP contribution >= 0.6 is 11.8 Å². The summed E-state index contributed by atoms with van der Waals surface area (Å²) in [6.07, 6.45) is 1.67. The van der Waals surface area contributed by atoms with E-state index in [9.17, 15) is 18.0 Å². The molecular weight excluding hydrogens is 469 g/mol. The minimum absolute atomic E-state index is 0.0233. The number of carbonyl (C=O) groups is 1. The summed E-state index contributed by atoms with van der Waals surface area (Å²) in [6.45, 7) is 2.04. The number of thioether (sulfide) groups is 1. The van der Waals surface area contributed by atoms with Gasteiger partial charge in [-0.25, -0.2) is 13.2 Å². The van der Waals surface area contributed by atoms with Gasteiger partial charge in [-0.2, -0.15) is 0 Å². The number of hydrogen-bond donors (Lipinski definition) is 0. The highest BCUT2D eigenvalue weighted by atomic mass is 32.2. The first-order valence-corrected chi connectivity index (χ1v) is 12.8. The second-order valence-electron chi connectivity index (χ2n) is 8.84. The minimum atomic E-state index is -0.481. The maximum atomic E-state index is 14.0. The number of piperidine rings is 1. The van der Waals surface area contributed by atoms with Crippen molar-refractivity contribution in [3.05, 3.63) is 107 Å². The highest BCUT2D eigenvalue weighted by Gasteiger charge is 2.27. The zero-order valence-corrected chi connectivity index (χ0v) is 20.5. The second-order valence-corrected chi connectivity index (χ2v) is 10.1. The summed E-state index contributed by atoms with van der Waals surface area (Å²) in [5, 5.41) is -0.0233. The predicted molar refractivity (Wildman–Crippen MR) is 135 cm³/mol. The number of likely N-dealkylation sites (tertiary alicyclic amines) is 1.